The molecule has 0 unspecified atom stereocenters. The Morgan fingerprint density at radius 2 is 1.92 bits per heavy atom. The lowest BCUT2D eigenvalue weighted by Crippen LogP contribution is -2.54. The Balaban J connectivity index is 1.60. The lowest BCUT2D eigenvalue weighted by Gasteiger charge is -2.35. The van der Waals surface area contributed by atoms with Crippen molar-refractivity contribution in [1.82, 2.24) is 20.1 Å². The summed E-state index contributed by atoms with van der Waals surface area (Å²) in [6, 6.07) is 5.85. The van der Waals surface area contributed by atoms with E-state index in [1.54, 1.807) is 18.1 Å². The molecular formula is C18H30N6O2. The first-order valence-electron chi connectivity index (χ1n) is 9.26. The van der Waals surface area contributed by atoms with Crippen molar-refractivity contribution in [3.05, 3.63) is 24.4 Å². The van der Waals surface area contributed by atoms with Gasteiger partial charge in [-0.3, -0.25) is 4.99 Å². The van der Waals surface area contributed by atoms with Crippen LogP contribution in [0.2, 0.25) is 0 Å². The number of rotatable bonds is 7. The molecule has 2 heterocycles. The lowest BCUT2D eigenvalue weighted by molar-refractivity contribution is 0.0914. The number of unbranched alkanes of at least 4 members (excludes halogenated alkanes) is 1. The maximum atomic E-state index is 11.7. The SMILES string of the molecule is CCOC(=O)N1CCN(C(=NC)NCCCCNc2ccccn2)CC1. The third-order valence-electron chi connectivity index (χ3n) is 4.17. The molecule has 0 aliphatic carbocycles. The van der Waals surface area contributed by atoms with Crippen molar-refractivity contribution >= 4 is 17.9 Å². The second kappa shape index (κ2) is 11.2. The fraction of sp³-hybridized carbons (Fsp3) is 0.611. The minimum atomic E-state index is -0.226. The normalized spacial score (nSPS) is 14.9. The predicted molar refractivity (Wildman–Crippen MR) is 103 cm³/mol. The lowest BCUT2D eigenvalue weighted by atomic mass is 10.3. The van der Waals surface area contributed by atoms with E-state index in [1.807, 2.05) is 25.1 Å². The number of pyridine rings is 1. The zero-order chi connectivity index (χ0) is 18.6. The van der Waals surface area contributed by atoms with E-state index in [1.165, 1.54) is 0 Å². The maximum Gasteiger partial charge on any atom is 0.409 e. The van der Waals surface area contributed by atoms with E-state index >= 15 is 0 Å². The minimum Gasteiger partial charge on any atom is -0.450 e. The van der Waals surface area contributed by atoms with Gasteiger partial charge < -0.3 is 25.2 Å². The zero-order valence-electron chi connectivity index (χ0n) is 15.8. The highest BCUT2D eigenvalue weighted by Gasteiger charge is 2.23. The van der Waals surface area contributed by atoms with E-state index in [2.05, 4.69) is 25.5 Å². The maximum absolute atomic E-state index is 11.7. The van der Waals surface area contributed by atoms with Gasteiger partial charge in [-0.1, -0.05) is 6.07 Å². The molecule has 8 heteroatoms. The monoisotopic (exact) mass is 362 g/mol. The summed E-state index contributed by atoms with van der Waals surface area (Å²) in [5, 5.41) is 6.71. The van der Waals surface area contributed by atoms with Gasteiger partial charge in [0.25, 0.3) is 0 Å². The fourth-order valence-electron chi connectivity index (χ4n) is 2.78. The van der Waals surface area contributed by atoms with Gasteiger partial charge >= 0.3 is 6.09 Å². The van der Waals surface area contributed by atoms with Gasteiger partial charge in [0.2, 0.25) is 0 Å². The van der Waals surface area contributed by atoms with Crippen LogP contribution in [0.4, 0.5) is 10.6 Å². The standard InChI is InChI=1S/C18H30N6O2/c1-3-26-18(25)24-14-12-23(13-15-24)17(19-2)22-11-7-6-10-21-16-8-4-5-9-20-16/h4-5,8-9H,3,6-7,10-15H2,1-2H3,(H,19,22)(H,20,21). The summed E-state index contributed by atoms with van der Waals surface area (Å²) in [6.45, 7) is 6.86. The van der Waals surface area contributed by atoms with Gasteiger partial charge in [0.05, 0.1) is 6.61 Å². The number of nitrogens with one attached hydrogen (secondary N) is 2. The summed E-state index contributed by atoms with van der Waals surface area (Å²) in [5.41, 5.74) is 0. The molecule has 1 aliphatic heterocycles. The van der Waals surface area contributed by atoms with Crippen molar-refractivity contribution < 1.29 is 9.53 Å². The molecule has 0 saturated carbocycles. The number of hydrogen-bond acceptors (Lipinski definition) is 5. The number of aromatic nitrogens is 1. The number of ether oxygens (including phenoxy) is 1. The molecular weight excluding hydrogens is 332 g/mol. The van der Waals surface area contributed by atoms with Gasteiger partial charge in [-0.05, 0) is 31.9 Å². The van der Waals surface area contributed by atoms with Crippen molar-refractivity contribution in [3.63, 3.8) is 0 Å². The van der Waals surface area contributed by atoms with Crippen LogP contribution in [0.1, 0.15) is 19.8 Å². The van der Waals surface area contributed by atoms with Crippen LogP contribution >= 0.6 is 0 Å². The number of aliphatic imine (C=N–C) groups is 1. The molecule has 1 amide bonds. The number of guanidine groups is 1. The summed E-state index contributed by atoms with van der Waals surface area (Å²) < 4.78 is 5.05. The van der Waals surface area contributed by atoms with Crippen molar-refractivity contribution in [1.29, 1.82) is 0 Å². The van der Waals surface area contributed by atoms with Gasteiger partial charge in [0.15, 0.2) is 5.96 Å². The predicted octanol–water partition coefficient (Wildman–Crippen LogP) is 1.62. The molecule has 8 nitrogen and oxygen atoms in total. The number of anilines is 1. The van der Waals surface area contributed by atoms with Gasteiger partial charge in [0, 0.05) is 52.5 Å². The van der Waals surface area contributed by atoms with E-state index in [4.69, 9.17) is 4.74 Å². The fourth-order valence-corrected chi connectivity index (χ4v) is 2.78. The van der Waals surface area contributed by atoms with Crippen molar-refractivity contribution in [2.75, 3.05) is 58.2 Å². The average Bonchev–Trinajstić information content (AvgIpc) is 2.69. The van der Waals surface area contributed by atoms with Crippen LogP contribution in [0.15, 0.2) is 29.4 Å². The van der Waals surface area contributed by atoms with Crippen LogP contribution in [0.25, 0.3) is 0 Å². The van der Waals surface area contributed by atoms with Crippen LogP contribution < -0.4 is 10.6 Å². The number of amides is 1. The van der Waals surface area contributed by atoms with Crippen LogP contribution in [0, 0.1) is 0 Å². The number of nitrogens with zero attached hydrogens (tertiary/aromatic N) is 4. The first-order valence-corrected chi connectivity index (χ1v) is 9.26. The molecule has 0 radical (unpaired) electrons. The minimum absolute atomic E-state index is 0.226. The van der Waals surface area contributed by atoms with E-state index in [9.17, 15) is 4.79 Å². The first kappa shape index (κ1) is 19.8. The highest BCUT2D eigenvalue weighted by molar-refractivity contribution is 5.80. The molecule has 2 N–H and O–H groups in total. The smallest absolute Gasteiger partial charge is 0.409 e. The van der Waals surface area contributed by atoms with Gasteiger partial charge in [-0.25, -0.2) is 9.78 Å². The quantitative estimate of drug-likeness (QED) is 0.436. The van der Waals surface area contributed by atoms with E-state index in [0.717, 1.165) is 50.8 Å². The number of piperazine rings is 1. The Kier molecular flexibility index (Phi) is 8.51. The van der Waals surface area contributed by atoms with E-state index in [0.29, 0.717) is 19.7 Å². The highest BCUT2D eigenvalue weighted by atomic mass is 16.6. The van der Waals surface area contributed by atoms with Crippen molar-refractivity contribution in [3.8, 4) is 0 Å². The Morgan fingerprint density at radius 3 is 2.58 bits per heavy atom. The molecule has 1 saturated heterocycles. The van der Waals surface area contributed by atoms with Crippen LogP contribution in [0.3, 0.4) is 0 Å². The Labute approximate surface area is 155 Å². The molecule has 1 aromatic heterocycles. The molecule has 2 rings (SSSR count). The number of hydrogen-bond donors (Lipinski definition) is 2. The molecule has 144 valence electrons. The van der Waals surface area contributed by atoms with Crippen molar-refractivity contribution in [2.24, 2.45) is 4.99 Å². The summed E-state index contributed by atoms with van der Waals surface area (Å²) in [6.07, 6.45) is 3.66. The first-order chi connectivity index (χ1) is 12.7. The zero-order valence-corrected chi connectivity index (χ0v) is 15.8. The summed E-state index contributed by atoms with van der Waals surface area (Å²) in [4.78, 5) is 24.3. The van der Waals surface area contributed by atoms with Gasteiger partial charge in [0.1, 0.15) is 5.82 Å². The number of carbonyl (C=O) groups is 1. The largest absolute Gasteiger partial charge is 0.450 e. The highest BCUT2D eigenvalue weighted by Crippen LogP contribution is 2.05. The molecule has 1 fully saturated rings. The van der Waals surface area contributed by atoms with Gasteiger partial charge in [-0.15, -0.1) is 0 Å². The second-order valence-corrected chi connectivity index (χ2v) is 6.00. The summed E-state index contributed by atoms with van der Waals surface area (Å²) in [5.74, 6) is 1.81. The number of carbonyl (C=O) groups excluding carboxylic acids is 1. The van der Waals surface area contributed by atoms with Crippen LogP contribution in [-0.4, -0.2) is 79.8 Å². The van der Waals surface area contributed by atoms with Crippen LogP contribution in [0.5, 0.6) is 0 Å². The van der Waals surface area contributed by atoms with Gasteiger partial charge in [-0.2, -0.15) is 0 Å². The molecule has 1 aromatic rings. The Hall–Kier alpha value is -2.51. The molecule has 26 heavy (non-hydrogen) atoms. The van der Waals surface area contributed by atoms with Crippen molar-refractivity contribution in [2.45, 2.75) is 19.8 Å². The Morgan fingerprint density at radius 1 is 1.19 bits per heavy atom. The summed E-state index contributed by atoms with van der Waals surface area (Å²) >= 11 is 0. The average molecular weight is 362 g/mol. The van der Waals surface area contributed by atoms with E-state index in [-0.39, 0.29) is 6.09 Å². The second-order valence-electron chi connectivity index (χ2n) is 6.00. The van der Waals surface area contributed by atoms with Crippen LogP contribution in [-0.2, 0) is 4.74 Å². The third-order valence-corrected chi connectivity index (χ3v) is 4.17. The topological polar surface area (TPSA) is 82.1 Å². The Bertz CT molecular complexity index is 558. The molecule has 0 aromatic carbocycles. The molecule has 0 atom stereocenters. The summed E-state index contributed by atoms with van der Waals surface area (Å²) in [7, 11) is 1.79. The molecule has 0 spiro atoms. The molecule has 1 aliphatic rings. The third kappa shape index (κ3) is 6.42. The van der Waals surface area contributed by atoms with E-state index < -0.39 is 0 Å². The molecule has 0 bridgehead atoms.